The molecule has 0 aromatic rings. The molecular weight excluding hydrogens is 175 g/mol. The average molecular weight is 194 g/mol. The van der Waals surface area contributed by atoms with E-state index in [1.807, 2.05) is 0 Å². The van der Waals surface area contributed by atoms with E-state index in [9.17, 15) is 4.39 Å². The number of rotatable bonds is 4. The zero-order valence-corrected chi connectivity index (χ0v) is 8.98. The van der Waals surface area contributed by atoms with Crippen molar-refractivity contribution < 1.29 is 4.39 Å². The van der Waals surface area contributed by atoms with Crippen LogP contribution in [0.25, 0.3) is 0 Å². The first-order valence-electron chi connectivity index (χ1n) is 5.86. The monoisotopic (exact) mass is 194 g/mol. The van der Waals surface area contributed by atoms with Crippen LogP contribution in [0.1, 0.15) is 51.9 Å². The molecule has 2 aliphatic carbocycles. The highest BCUT2D eigenvalue weighted by Crippen LogP contribution is 2.37. The van der Waals surface area contributed by atoms with Gasteiger partial charge in [0.05, 0.1) is 0 Å². The fourth-order valence-electron chi connectivity index (χ4n) is 2.09. The summed E-state index contributed by atoms with van der Waals surface area (Å²) in [6, 6.07) is 0. The van der Waals surface area contributed by atoms with Gasteiger partial charge in [0.25, 0.3) is 0 Å². The van der Waals surface area contributed by atoms with Gasteiger partial charge in [-0.3, -0.25) is 0 Å². The summed E-state index contributed by atoms with van der Waals surface area (Å²) < 4.78 is 13.6. The van der Waals surface area contributed by atoms with Gasteiger partial charge in [-0.15, -0.1) is 0 Å². The van der Waals surface area contributed by atoms with Gasteiger partial charge in [-0.2, -0.15) is 0 Å². The first-order chi connectivity index (χ1) is 6.79. The molecule has 0 bridgehead atoms. The van der Waals surface area contributed by atoms with E-state index >= 15 is 0 Å². The minimum Gasteiger partial charge on any atom is -0.207 e. The minimum atomic E-state index is 0.0775. The molecule has 78 valence electrons. The number of allylic oxidation sites excluding steroid dienone is 4. The van der Waals surface area contributed by atoms with Gasteiger partial charge in [0.15, 0.2) is 0 Å². The van der Waals surface area contributed by atoms with Crippen LogP contribution in [0.4, 0.5) is 4.39 Å². The summed E-state index contributed by atoms with van der Waals surface area (Å²) in [5.41, 5.74) is 2.35. The summed E-state index contributed by atoms with van der Waals surface area (Å²) in [6.45, 7) is 2.11. The van der Waals surface area contributed by atoms with Gasteiger partial charge in [-0.1, -0.05) is 25.3 Å². The quantitative estimate of drug-likeness (QED) is 0.616. The Morgan fingerprint density at radius 3 is 2.71 bits per heavy atom. The van der Waals surface area contributed by atoms with E-state index in [0.717, 1.165) is 37.2 Å². The van der Waals surface area contributed by atoms with E-state index < -0.39 is 0 Å². The molecule has 0 unspecified atom stereocenters. The van der Waals surface area contributed by atoms with Gasteiger partial charge in [-0.05, 0) is 49.7 Å². The molecule has 0 saturated heterocycles. The highest BCUT2D eigenvalue weighted by molar-refractivity contribution is 5.29. The summed E-state index contributed by atoms with van der Waals surface area (Å²) >= 11 is 0. The molecule has 2 aliphatic rings. The molecule has 0 aliphatic heterocycles. The summed E-state index contributed by atoms with van der Waals surface area (Å²) in [5, 5.41) is 0. The van der Waals surface area contributed by atoms with E-state index in [1.165, 1.54) is 24.8 Å². The van der Waals surface area contributed by atoms with Crippen LogP contribution in [-0.2, 0) is 0 Å². The standard InChI is InChI=1S/C13H19F/c1-2-10-5-7-12(13(14)9-10)8-6-11-3-4-11/h9,11H,2-8H2,1H3. The second-order valence-corrected chi connectivity index (χ2v) is 4.59. The molecule has 14 heavy (non-hydrogen) atoms. The molecule has 0 nitrogen and oxygen atoms in total. The van der Waals surface area contributed by atoms with Crippen LogP contribution < -0.4 is 0 Å². The van der Waals surface area contributed by atoms with Crippen molar-refractivity contribution in [2.45, 2.75) is 51.9 Å². The Morgan fingerprint density at radius 2 is 2.14 bits per heavy atom. The lowest BCUT2D eigenvalue weighted by molar-refractivity contribution is 0.595. The van der Waals surface area contributed by atoms with E-state index in [-0.39, 0.29) is 5.83 Å². The highest BCUT2D eigenvalue weighted by Gasteiger charge is 2.22. The predicted octanol–water partition coefficient (Wildman–Crippen LogP) is 4.53. The smallest absolute Gasteiger partial charge is 0.122 e. The third-order valence-electron chi connectivity index (χ3n) is 3.42. The zero-order chi connectivity index (χ0) is 9.97. The lowest BCUT2D eigenvalue weighted by Crippen LogP contribution is -1.97. The zero-order valence-electron chi connectivity index (χ0n) is 8.98. The normalized spacial score (nSPS) is 22.6. The predicted molar refractivity (Wildman–Crippen MR) is 57.7 cm³/mol. The topological polar surface area (TPSA) is 0 Å². The van der Waals surface area contributed by atoms with Gasteiger partial charge >= 0.3 is 0 Å². The van der Waals surface area contributed by atoms with Crippen molar-refractivity contribution in [3.63, 3.8) is 0 Å². The number of hydrogen-bond acceptors (Lipinski definition) is 0. The summed E-state index contributed by atoms with van der Waals surface area (Å²) in [7, 11) is 0. The van der Waals surface area contributed by atoms with Crippen LogP contribution in [0, 0.1) is 5.92 Å². The Hall–Kier alpha value is -0.590. The van der Waals surface area contributed by atoms with Crippen LogP contribution in [0.5, 0.6) is 0 Å². The summed E-state index contributed by atoms with van der Waals surface area (Å²) in [5.74, 6) is 1.00. The minimum absolute atomic E-state index is 0.0775. The maximum absolute atomic E-state index is 13.6. The maximum Gasteiger partial charge on any atom is 0.122 e. The van der Waals surface area contributed by atoms with Crippen molar-refractivity contribution in [2.75, 3.05) is 0 Å². The van der Waals surface area contributed by atoms with Gasteiger partial charge in [0, 0.05) is 0 Å². The second kappa shape index (κ2) is 4.29. The number of hydrogen-bond donors (Lipinski definition) is 0. The molecule has 0 radical (unpaired) electrons. The largest absolute Gasteiger partial charge is 0.207 e. The fraction of sp³-hybridized carbons (Fsp3) is 0.692. The van der Waals surface area contributed by atoms with Crippen molar-refractivity contribution in [1.82, 2.24) is 0 Å². The molecular formula is C13H19F. The average Bonchev–Trinajstić information content (AvgIpc) is 2.99. The van der Waals surface area contributed by atoms with Crippen LogP contribution in [-0.4, -0.2) is 0 Å². The molecule has 1 saturated carbocycles. The molecule has 0 aromatic heterocycles. The van der Waals surface area contributed by atoms with Gasteiger partial charge in [0.1, 0.15) is 5.83 Å². The second-order valence-electron chi connectivity index (χ2n) is 4.59. The first-order valence-corrected chi connectivity index (χ1v) is 5.86. The van der Waals surface area contributed by atoms with E-state index in [4.69, 9.17) is 0 Å². The lowest BCUT2D eigenvalue weighted by atomic mass is 9.93. The van der Waals surface area contributed by atoms with Crippen molar-refractivity contribution in [2.24, 2.45) is 5.92 Å². The number of halogens is 1. The Bertz CT molecular complexity index is 269. The van der Waals surface area contributed by atoms with Crippen LogP contribution in [0.15, 0.2) is 23.0 Å². The van der Waals surface area contributed by atoms with Crippen LogP contribution >= 0.6 is 0 Å². The third kappa shape index (κ3) is 2.46. The molecule has 0 amide bonds. The van der Waals surface area contributed by atoms with Gasteiger partial charge < -0.3 is 0 Å². The van der Waals surface area contributed by atoms with E-state index in [2.05, 4.69) is 6.92 Å². The summed E-state index contributed by atoms with van der Waals surface area (Å²) in [6.07, 6.45) is 9.81. The Kier molecular flexibility index (Phi) is 3.05. The fourth-order valence-corrected chi connectivity index (χ4v) is 2.09. The van der Waals surface area contributed by atoms with Gasteiger partial charge in [-0.25, -0.2) is 4.39 Å². The van der Waals surface area contributed by atoms with Gasteiger partial charge in [0.2, 0.25) is 0 Å². The summed E-state index contributed by atoms with van der Waals surface area (Å²) in [4.78, 5) is 0. The maximum atomic E-state index is 13.6. The van der Waals surface area contributed by atoms with Crippen molar-refractivity contribution >= 4 is 0 Å². The Morgan fingerprint density at radius 1 is 1.36 bits per heavy atom. The molecule has 1 fully saturated rings. The van der Waals surface area contributed by atoms with Crippen molar-refractivity contribution in [1.29, 1.82) is 0 Å². The molecule has 0 atom stereocenters. The molecule has 0 aromatic carbocycles. The van der Waals surface area contributed by atoms with E-state index in [0.29, 0.717) is 0 Å². The Balaban J connectivity index is 1.92. The molecule has 0 heterocycles. The van der Waals surface area contributed by atoms with E-state index in [1.54, 1.807) is 6.08 Å². The highest BCUT2D eigenvalue weighted by atomic mass is 19.1. The molecule has 1 heteroatoms. The molecule has 0 spiro atoms. The van der Waals surface area contributed by atoms with Crippen molar-refractivity contribution in [3.05, 3.63) is 23.0 Å². The SMILES string of the molecule is CCC1=CC(F)=C(CCC2CC2)CC1. The third-order valence-corrected chi connectivity index (χ3v) is 3.42. The lowest BCUT2D eigenvalue weighted by Gasteiger charge is -2.15. The Labute approximate surface area is 85.9 Å². The van der Waals surface area contributed by atoms with Crippen LogP contribution in [0.3, 0.4) is 0 Å². The van der Waals surface area contributed by atoms with Crippen LogP contribution in [0.2, 0.25) is 0 Å². The molecule has 0 N–H and O–H groups in total. The molecule has 2 rings (SSSR count). The first kappa shape index (κ1) is 9.95. The van der Waals surface area contributed by atoms with Crippen molar-refractivity contribution in [3.8, 4) is 0 Å².